The Hall–Kier alpha value is -0.910. The van der Waals surface area contributed by atoms with Crippen LogP contribution < -0.4 is 0 Å². The molecule has 2 saturated heterocycles. The fraction of sp³-hybridized carbons (Fsp3) is 0.737. The van der Waals surface area contributed by atoms with E-state index in [-0.39, 0.29) is 6.04 Å². The molecule has 2 fully saturated rings. The molecule has 0 radical (unpaired) electrons. The molecule has 1 amide bonds. The molecule has 0 N–H and O–H groups in total. The maximum atomic E-state index is 13.0. The summed E-state index contributed by atoms with van der Waals surface area (Å²) in [6, 6.07) is 4.50. The molecule has 0 aliphatic carbocycles. The van der Waals surface area contributed by atoms with Crippen molar-refractivity contribution < 1.29 is 4.79 Å². The fourth-order valence-electron chi connectivity index (χ4n) is 3.95. The summed E-state index contributed by atoms with van der Waals surface area (Å²) in [4.78, 5) is 21.5. The van der Waals surface area contributed by atoms with E-state index < -0.39 is 0 Å². The number of carbonyl (C=O) groups is 1. The molecule has 0 aromatic carbocycles. The number of hydrogen-bond acceptors (Lipinski definition) is 4. The van der Waals surface area contributed by atoms with Crippen LogP contribution in [0.4, 0.5) is 0 Å². The SMILES string of the molecule is CCCN1CCCCC1C(=O)N1CCN(CCc2cccs2)CC1. The molecule has 24 heavy (non-hydrogen) atoms. The van der Waals surface area contributed by atoms with Crippen LogP contribution in [0.15, 0.2) is 17.5 Å². The number of piperidine rings is 1. The van der Waals surface area contributed by atoms with E-state index in [1.165, 1.54) is 17.7 Å². The van der Waals surface area contributed by atoms with Crippen LogP contribution >= 0.6 is 11.3 Å². The van der Waals surface area contributed by atoms with E-state index in [4.69, 9.17) is 0 Å². The molecular weight excluding hydrogens is 318 g/mol. The first kappa shape index (κ1) is 17.9. The Morgan fingerprint density at radius 3 is 2.71 bits per heavy atom. The van der Waals surface area contributed by atoms with Crippen molar-refractivity contribution in [2.24, 2.45) is 0 Å². The van der Waals surface area contributed by atoms with Gasteiger partial charge >= 0.3 is 0 Å². The first-order valence-corrected chi connectivity index (χ1v) is 10.4. The van der Waals surface area contributed by atoms with Crippen molar-refractivity contribution in [2.75, 3.05) is 45.8 Å². The van der Waals surface area contributed by atoms with Crippen LogP contribution in [-0.2, 0) is 11.2 Å². The summed E-state index contributed by atoms with van der Waals surface area (Å²) in [5.74, 6) is 0.390. The van der Waals surface area contributed by atoms with Gasteiger partial charge in [0.1, 0.15) is 0 Å². The van der Waals surface area contributed by atoms with Crippen LogP contribution in [0.5, 0.6) is 0 Å². The molecule has 134 valence electrons. The predicted octanol–water partition coefficient (Wildman–Crippen LogP) is 2.70. The maximum Gasteiger partial charge on any atom is 0.240 e. The standard InChI is InChI=1S/C19H31N3OS/c1-2-9-21-10-4-3-7-18(21)19(23)22-14-12-20(13-15-22)11-8-17-6-5-16-24-17/h5-6,16,18H,2-4,7-15H2,1H3. The summed E-state index contributed by atoms with van der Waals surface area (Å²) in [5, 5.41) is 2.15. The van der Waals surface area contributed by atoms with Crippen LogP contribution in [0.25, 0.3) is 0 Å². The zero-order chi connectivity index (χ0) is 16.8. The number of amides is 1. The minimum absolute atomic E-state index is 0.149. The molecule has 0 bridgehead atoms. The third-order valence-electron chi connectivity index (χ3n) is 5.35. The van der Waals surface area contributed by atoms with Crippen LogP contribution in [-0.4, -0.2) is 72.5 Å². The molecule has 1 atom stereocenters. The first-order chi connectivity index (χ1) is 11.8. The number of hydrogen-bond donors (Lipinski definition) is 0. The summed E-state index contributed by atoms with van der Waals surface area (Å²) >= 11 is 1.84. The normalized spacial score (nSPS) is 23.5. The number of nitrogens with zero attached hydrogens (tertiary/aromatic N) is 3. The smallest absolute Gasteiger partial charge is 0.240 e. The topological polar surface area (TPSA) is 26.8 Å². The largest absolute Gasteiger partial charge is 0.339 e. The number of likely N-dealkylation sites (tertiary alicyclic amines) is 1. The molecule has 3 heterocycles. The summed E-state index contributed by atoms with van der Waals surface area (Å²) in [6.45, 7) is 9.35. The number of thiophene rings is 1. The molecule has 3 rings (SSSR count). The van der Waals surface area contributed by atoms with Crippen molar-refractivity contribution in [3.8, 4) is 0 Å². The lowest BCUT2D eigenvalue weighted by Crippen LogP contribution is -2.56. The Balaban J connectivity index is 1.45. The molecular formula is C19H31N3OS. The Morgan fingerprint density at radius 1 is 1.17 bits per heavy atom. The summed E-state index contributed by atoms with van der Waals surface area (Å²) in [6.07, 6.45) is 5.79. The average molecular weight is 350 g/mol. The number of carbonyl (C=O) groups excluding carboxylic acids is 1. The van der Waals surface area contributed by atoms with Gasteiger partial charge in [-0.05, 0) is 50.2 Å². The monoisotopic (exact) mass is 349 g/mol. The van der Waals surface area contributed by atoms with Crippen molar-refractivity contribution in [1.82, 2.24) is 14.7 Å². The first-order valence-electron chi connectivity index (χ1n) is 9.55. The van der Waals surface area contributed by atoms with Crippen LogP contribution in [0.2, 0.25) is 0 Å². The second-order valence-corrected chi connectivity index (χ2v) is 8.08. The highest BCUT2D eigenvalue weighted by Gasteiger charge is 2.32. The highest BCUT2D eigenvalue weighted by Crippen LogP contribution is 2.20. The van der Waals surface area contributed by atoms with Gasteiger partial charge < -0.3 is 4.90 Å². The van der Waals surface area contributed by atoms with Crippen molar-refractivity contribution in [3.05, 3.63) is 22.4 Å². The second kappa shape index (κ2) is 8.97. The van der Waals surface area contributed by atoms with Gasteiger partial charge in [0.05, 0.1) is 6.04 Å². The molecule has 4 nitrogen and oxygen atoms in total. The van der Waals surface area contributed by atoms with E-state index in [2.05, 4.69) is 39.1 Å². The van der Waals surface area contributed by atoms with Crippen LogP contribution in [0, 0.1) is 0 Å². The van der Waals surface area contributed by atoms with Gasteiger partial charge in [0.15, 0.2) is 0 Å². The minimum Gasteiger partial charge on any atom is -0.339 e. The van der Waals surface area contributed by atoms with Crippen molar-refractivity contribution in [1.29, 1.82) is 0 Å². The molecule has 1 aromatic heterocycles. The predicted molar refractivity (Wildman–Crippen MR) is 101 cm³/mol. The van der Waals surface area contributed by atoms with Gasteiger partial charge in [0.25, 0.3) is 0 Å². The highest BCUT2D eigenvalue weighted by molar-refractivity contribution is 7.09. The number of rotatable bonds is 6. The molecule has 5 heteroatoms. The molecule has 0 spiro atoms. The molecule has 0 saturated carbocycles. The zero-order valence-corrected chi connectivity index (χ0v) is 15.8. The highest BCUT2D eigenvalue weighted by atomic mass is 32.1. The quantitative estimate of drug-likeness (QED) is 0.790. The van der Waals surface area contributed by atoms with E-state index in [1.807, 2.05) is 11.3 Å². The number of piperazine rings is 1. The van der Waals surface area contributed by atoms with Gasteiger partial charge in [-0.25, -0.2) is 0 Å². The molecule has 2 aliphatic rings. The Bertz CT molecular complexity index is 495. The summed E-state index contributed by atoms with van der Waals surface area (Å²) in [5.41, 5.74) is 0. The van der Waals surface area contributed by atoms with E-state index >= 15 is 0 Å². The summed E-state index contributed by atoms with van der Waals surface area (Å²) < 4.78 is 0. The minimum atomic E-state index is 0.149. The Kier molecular flexibility index (Phi) is 6.69. The van der Waals surface area contributed by atoms with Crippen molar-refractivity contribution in [2.45, 2.75) is 45.1 Å². The third kappa shape index (κ3) is 4.58. The maximum absolute atomic E-state index is 13.0. The third-order valence-corrected chi connectivity index (χ3v) is 6.28. The summed E-state index contributed by atoms with van der Waals surface area (Å²) in [7, 11) is 0. The fourth-order valence-corrected chi connectivity index (χ4v) is 4.65. The average Bonchev–Trinajstić information content (AvgIpc) is 3.14. The Morgan fingerprint density at radius 2 is 2.00 bits per heavy atom. The van der Waals surface area contributed by atoms with Gasteiger partial charge in [-0.1, -0.05) is 19.4 Å². The second-order valence-electron chi connectivity index (χ2n) is 7.04. The van der Waals surface area contributed by atoms with Gasteiger partial charge in [-0.15, -0.1) is 11.3 Å². The van der Waals surface area contributed by atoms with Crippen molar-refractivity contribution >= 4 is 17.2 Å². The van der Waals surface area contributed by atoms with E-state index in [0.717, 1.165) is 65.1 Å². The van der Waals surface area contributed by atoms with E-state index in [0.29, 0.717) is 5.91 Å². The van der Waals surface area contributed by atoms with Crippen molar-refractivity contribution in [3.63, 3.8) is 0 Å². The zero-order valence-electron chi connectivity index (χ0n) is 15.0. The molecule has 2 aliphatic heterocycles. The van der Waals surface area contributed by atoms with Crippen LogP contribution in [0.1, 0.15) is 37.5 Å². The lowest BCUT2D eigenvalue weighted by molar-refractivity contribution is -0.140. The molecule has 1 aromatic rings. The lowest BCUT2D eigenvalue weighted by atomic mass is 10.00. The Labute approximate surface area is 150 Å². The van der Waals surface area contributed by atoms with Gasteiger partial charge in [0, 0.05) is 37.6 Å². The lowest BCUT2D eigenvalue weighted by Gasteiger charge is -2.40. The van der Waals surface area contributed by atoms with E-state index in [1.54, 1.807) is 0 Å². The van der Waals surface area contributed by atoms with Gasteiger partial charge in [-0.3, -0.25) is 14.6 Å². The van der Waals surface area contributed by atoms with Gasteiger partial charge in [-0.2, -0.15) is 0 Å². The molecule has 1 unspecified atom stereocenters. The van der Waals surface area contributed by atoms with E-state index in [9.17, 15) is 4.79 Å². The van der Waals surface area contributed by atoms with Gasteiger partial charge in [0.2, 0.25) is 5.91 Å². The van der Waals surface area contributed by atoms with Crippen LogP contribution in [0.3, 0.4) is 0 Å².